The molecule has 1 unspecified atom stereocenters. The summed E-state index contributed by atoms with van der Waals surface area (Å²) in [7, 11) is 0. The van der Waals surface area contributed by atoms with E-state index >= 15 is 0 Å². The molecule has 2 aliphatic rings. The van der Waals surface area contributed by atoms with E-state index in [2.05, 4.69) is 17.9 Å². The zero-order chi connectivity index (χ0) is 21.0. The van der Waals surface area contributed by atoms with E-state index in [1.807, 2.05) is 12.1 Å². The van der Waals surface area contributed by atoms with Crippen LogP contribution in [-0.2, 0) is 11.2 Å². The molecule has 29 heavy (non-hydrogen) atoms. The third-order valence-electron chi connectivity index (χ3n) is 5.61. The number of hydrogen-bond acceptors (Lipinski definition) is 3. The van der Waals surface area contributed by atoms with Gasteiger partial charge in [-0.25, -0.2) is 0 Å². The topological polar surface area (TPSA) is 49.8 Å². The van der Waals surface area contributed by atoms with Crippen molar-refractivity contribution in [2.24, 2.45) is 11.8 Å². The molecule has 1 saturated heterocycles. The standard InChI is InChI=1S/C22H26F3NO3/c1-15-11-19-13-20(29-10-2-7-22(23,24)25)4-3-17(19)12-16(15)5-8-26-9-6-18(14-26)21(27)28/h2-4,7,12-13,15,18H,5-6,8-11,14H2,1H3,(H,27,28)/b7-2+/t15-,18?/m0/s1. The fourth-order valence-electron chi connectivity index (χ4n) is 3.96. The van der Waals surface area contributed by atoms with E-state index in [0.29, 0.717) is 24.6 Å². The number of halogens is 3. The molecule has 4 nitrogen and oxygen atoms in total. The molecule has 1 fully saturated rings. The van der Waals surface area contributed by atoms with Crippen LogP contribution in [0.4, 0.5) is 13.2 Å². The Bertz CT molecular complexity index is 801. The molecule has 158 valence electrons. The Morgan fingerprint density at radius 3 is 2.86 bits per heavy atom. The number of rotatable bonds is 7. The van der Waals surface area contributed by atoms with Gasteiger partial charge in [0.1, 0.15) is 12.4 Å². The number of benzene rings is 1. The number of carboxylic acid groups (broad SMARTS) is 1. The van der Waals surface area contributed by atoms with Gasteiger partial charge in [-0.3, -0.25) is 4.79 Å². The number of likely N-dealkylation sites (tertiary alicyclic amines) is 1. The summed E-state index contributed by atoms with van der Waals surface area (Å²) in [5, 5.41) is 9.12. The molecule has 0 spiro atoms. The Kier molecular flexibility index (Phi) is 6.67. The minimum atomic E-state index is -4.32. The summed E-state index contributed by atoms with van der Waals surface area (Å²) in [5.41, 5.74) is 3.59. The van der Waals surface area contributed by atoms with E-state index in [9.17, 15) is 18.0 Å². The van der Waals surface area contributed by atoms with Crippen molar-refractivity contribution in [1.29, 1.82) is 0 Å². The van der Waals surface area contributed by atoms with Crippen LogP contribution in [-0.4, -0.2) is 48.4 Å². The van der Waals surface area contributed by atoms with E-state index in [-0.39, 0.29) is 18.6 Å². The monoisotopic (exact) mass is 409 g/mol. The van der Waals surface area contributed by atoms with Crippen LogP contribution in [0.1, 0.15) is 30.9 Å². The highest BCUT2D eigenvalue weighted by atomic mass is 19.4. The number of nitrogens with zero attached hydrogens (tertiary/aromatic N) is 1. The molecule has 2 atom stereocenters. The van der Waals surface area contributed by atoms with Gasteiger partial charge in [-0.1, -0.05) is 24.6 Å². The maximum absolute atomic E-state index is 12.1. The van der Waals surface area contributed by atoms with E-state index in [4.69, 9.17) is 9.84 Å². The lowest BCUT2D eigenvalue weighted by molar-refractivity contribution is -0.141. The second kappa shape index (κ2) is 9.03. The molecular weight excluding hydrogens is 383 g/mol. The maximum Gasteiger partial charge on any atom is 0.409 e. The molecule has 7 heteroatoms. The minimum Gasteiger partial charge on any atom is -0.490 e. The van der Waals surface area contributed by atoms with Crippen LogP contribution in [0.15, 0.2) is 35.9 Å². The van der Waals surface area contributed by atoms with Gasteiger partial charge in [0.05, 0.1) is 5.92 Å². The van der Waals surface area contributed by atoms with Crippen LogP contribution in [0.5, 0.6) is 5.75 Å². The summed E-state index contributed by atoms with van der Waals surface area (Å²) in [6, 6.07) is 5.63. The minimum absolute atomic E-state index is 0.123. The Balaban J connectivity index is 1.57. The van der Waals surface area contributed by atoms with Gasteiger partial charge in [0.2, 0.25) is 0 Å². The van der Waals surface area contributed by atoms with E-state index < -0.39 is 12.1 Å². The molecule has 1 aliphatic carbocycles. The first-order valence-corrected chi connectivity index (χ1v) is 9.87. The summed E-state index contributed by atoms with van der Waals surface area (Å²) in [4.78, 5) is 13.3. The summed E-state index contributed by atoms with van der Waals surface area (Å²) < 4.78 is 41.8. The van der Waals surface area contributed by atoms with Crippen molar-refractivity contribution in [3.63, 3.8) is 0 Å². The first-order valence-electron chi connectivity index (χ1n) is 9.87. The zero-order valence-electron chi connectivity index (χ0n) is 16.4. The van der Waals surface area contributed by atoms with Crippen molar-refractivity contribution in [2.45, 2.75) is 32.4 Å². The third-order valence-corrected chi connectivity index (χ3v) is 5.61. The molecule has 1 N–H and O–H groups in total. The number of fused-ring (bicyclic) bond motifs is 1. The van der Waals surface area contributed by atoms with E-state index in [1.54, 1.807) is 6.07 Å². The van der Waals surface area contributed by atoms with Crippen molar-refractivity contribution in [3.8, 4) is 5.75 Å². The first kappa shape index (κ1) is 21.4. The lowest BCUT2D eigenvalue weighted by Crippen LogP contribution is -2.25. The van der Waals surface area contributed by atoms with Gasteiger partial charge < -0.3 is 14.7 Å². The lowest BCUT2D eigenvalue weighted by Gasteiger charge is -2.25. The average molecular weight is 409 g/mol. The molecule has 1 aromatic carbocycles. The number of alkyl halides is 3. The number of carbonyl (C=O) groups is 1. The van der Waals surface area contributed by atoms with Crippen LogP contribution < -0.4 is 4.74 Å². The highest BCUT2D eigenvalue weighted by Crippen LogP contribution is 2.33. The van der Waals surface area contributed by atoms with Crippen molar-refractivity contribution in [1.82, 2.24) is 4.90 Å². The molecule has 0 aromatic heterocycles. The van der Waals surface area contributed by atoms with Crippen molar-refractivity contribution in [3.05, 3.63) is 47.1 Å². The largest absolute Gasteiger partial charge is 0.490 e. The Morgan fingerprint density at radius 1 is 1.38 bits per heavy atom. The number of ether oxygens (including phenoxy) is 1. The summed E-state index contributed by atoms with van der Waals surface area (Å²) in [6.45, 7) is 4.36. The molecule has 0 bridgehead atoms. The van der Waals surface area contributed by atoms with Crippen LogP contribution in [0.3, 0.4) is 0 Å². The highest BCUT2D eigenvalue weighted by Gasteiger charge is 2.28. The normalized spacial score (nSPS) is 22.6. The number of carboxylic acids is 1. The first-order chi connectivity index (χ1) is 13.7. The van der Waals surface area contributed by atoms with Gasteiger partial charge in [-0.05, 0) is 61.1 Å². The number of aliphatic carboxylic acids is 1. The second-order valence-electron chi connectivity index (χ2n) is 7.81. The molecule has 0 amide bonds. The highest BCUT2D eigenvalue weighted by molar-refractivity contribution is 5.70. The second-order valence-corrected chi connectivity index (χ2v) is 7.81. The fraction of sp³-hybridized carbons (Fsp3) is 0.500. The Labute approximate surface area is 168 Å². The van der Waals surface area contributed by atoms with Crippen molar-refractivity contribution in [2.75, 3.05) is 26.2 Å². The van der Waals surface area contributed by atoms with Crippen LogP contribution in [0, 0.1) is 11.8 Å². The predicted octanol–water partition coefficient (Wildman–Crippen LogP) is 4.56. The lowest BCUT2D eigenvalue weighted by atomic mass is 9.83. The van der Waals surface area contributed by atoms with Gasteiger partial charge in [-0.15, -0.1) is 0 Å². The molecule has 0 radical (unpaired) electrons. The molecule has 0 saturated carbocycles. The van der Waals surface area contributed by atoms with Gasteiger partial charge in [0.25, 0.3) is 0 Å². The molecule has 1 aromatic rings. The molecular formula is C22H26F3NO3. The molecule has 1 heterocycles. The summed E-state index contributed by atoms with van der Waals surface area (Å²) in [6.07, 6.45) is 1.49. The van der Waals surface area contributed by atoms with Crippen LogP contribution >= 0.6 is 0 Å². The van der Waals surface area contributed by atoms with E-state index in [1.165, 1.54) is 5.57 Å². The number of hydrogen-bond donors (Lipinski definition) is 1. The molecule has 3 rings (SSSR count). The number of allylic oxidation sites excluding steroid dienone is 1. The average Bonchev–Trinajstić information content (AvgIpc) is 3.12. The zero-order valence-corrected chi connectivity index (χ0v) is 16.4. The van der Waals surface area contributed by atoms with Crippen LogP contribution in [0.2, 0.25) is 0 Å². The van der Waals surface area contributed by atoms with Crippen LogP contribution in [0.25, 0.3) is 6.08 Å². The fourth-order valence-corrected chi connectivity index (χ4v) is 3.96. The summed E-state index contributed by atoms with van der Waals surface area (Å²) >= 11 is 0. The Morgan fingerprint density at radius 2 is 2.17 bits per heavy atom. The SMILES string of the molecule is C[C@H]1Cc2cc(OC/C=C/C(F)(F)F)ccc2C=C1CCN1CCC(C(=O)O)C1. The smallest absolute Gasteiger partial charge is 0.409 e. The van der Waals surface area contributed by atoms with E-state index in [0.717, 1.165) is 43.1 Å². The third kappa shape index (κ3) is 6.10. The van der Waals surface area contributed by atoms with Gasteiger partial charge in [-0.2, -0.15) is 13.2 Å². The van der Waals surface area contributed by atoms with Gasteiger partial charge in [0.15, 0.2) is 0 Å². The molecule has 1 aliphatic heterocycles. The van der Waals surface area contributed by atoms with Gasteiger partial charge in [0, 0.05) is 19.2 Å². The maximum atomic E-state index is 12.1. The van der Waals surface area contributed by atoms with Gasteiger partial charge >= 0.3 is 12.1 Å². The Hall–Kier alpha value is -2.28. The van der Waals surface area contributed by atoms with Crippen molar-refractivity contribution >= 4 is 12.0 Å². The van der Waals surface area contributed by atoms with Crippen molar-refractivity contribution < 1.29 is 27.8 Å². The summed E-state index contributed by atoms with van der Waals surface area (Å²) in [5.74, 6) is -0.0337. The predicted molar refractivity (Wildman–Crippen MR) is 105 cm³/mol. The quantitative estimate of drug-likeness (QED) is 0.671.